The highest BCUT2D eigenvalue weighted by atomic mass is 35.5. The van der Waals surface area contributed by atoms with Gasteiger partial charge < -0.3 is 10.0 Å². The average molecular weight is 282 g/mol. The molecule has 1 fully saturated rings. The van der Waals surface area contributed by atoms with Gasteiger partial charge in [0, 0.05) is 30.5 Å². The van der Waals surface area contributed by atoms with E-state index in [1.54, 1.807) is 4.90 Å². The number of carbonyl (C=O) groups is 2. The number of carbonyl (C=O) groups excluding carboxylic acids is 1. The Kier molecular flexibility index (Phi) is 4.43. The van der Waals surface area contributed by atoms with Gasteiger partial charge in [-0.1, -0.05) is 29.8 Å². The summed E-state index contributed by atoms with van der Waals surface area (Å²) in [5, 5.41) is 9.32. The molecule has 1 N–H and O–H groups in total. The van der Waals surface area contributed by atoms with Crippen molar-refractivity contribution in [2.24, 2.45) is 5.92 Å². The van der Waals surface area contributed by atoms with Crippen LogP contribution in [0.5, 0.6) is 0 Å². The van der Waals surface area contributed by atoms with Gasteiger partial charge in [0.05, 0.1) is 6.42 Å². The minimum absolute atomic E-state index is 0.0709. The third-order valence-corrected chi connectivity index (χ3v) is 3.71. The predicted molar refractivity (Wildman–Crippen MR) is 72.1 cm³/mol. The number of carboxylic acid groups (broad SMARTS) is 1. The summed E-state index contributed by atoms with van der Waals surface area (Å²) in [4.78, 5) is 24.1. The van der Waals surface area contributed by atoms with Gasteiger partial charge in [0.25, 0.3) is 0 Å². The van der Waals surface area contributed by atoms with E-state index >= 15 is 0 Å². The lowest BCUT2D eigenvalue weighted by molar-refractivity contribution is -0.145. The second-order valence-corrected chi connectivity index (χ2v) is 5.26. The van der Waals surface area contributed by atoms with Crippen molar-refractivity contribution in [1.29, 1.82) is 0 Å². The number of nitrogens with zero attached hydrogens (tertiary/aromatic N) is 1. The molecule has 19 heavy (non-hydrogen) atoms. The molecule has 0 bridgehead atoms. The highest BCUT2D eigenvalue weighted by Gasteiger charge is 2.31. The fraction of sp³-hybridized carbons (Fsp3) is 0.429. The zero-order chi connectivity index (χ0) is 13.8. The molecule has 0 saturated carbocycles. The largest absolute Gasteiger partial charge is 0.481 e. The monoisotopic (exact) mass is 281 g/mol. The number of carboxylic acids is 1. The van der Waals surface area contributed by atoms with Gasteiger partial charge in [-0.3, -0.25) is 9.59 Å². The highest BCUT2D eigenvalue weighted by Crippen LogP contribution is 2.21. The van der Waals surface area contributed by atoms with E-state index in [1.807, 2.05) is 24.3 Å². The molecule has 1 saturated heterocycles. The number of halogens is 1. The Bertz CT molecular complexity index is 483. The van der Waals surface area contributed by atoms with Crippen LogP contribution in [0.25, 0.3) is 0 Å². The lowest BCUT2D eigenvalue weighted by Gasteiger charge is -2.38. The van der Waals surface area contributed by atoms with Gasteiger partial charge in [0.2, 0.25) is 5.91 Å². The van der Waals surface area contributed by atoms with E-state index in [4.69, 9.17) is 16.7 Å². The van der Waals surface area contributed by atoms with Crippen molar-refractivity contribution in [3.8, 4) is 0 Å². The Morgan fingerprint density at radius 1 is 1.32 bits per heavy atom. The van der Waals surface area contributed by atoms with Crippen LogP contribution in [0.3, 0.4) is 0 Å². The number of aliphatic carboxylic acids is 1. The van der Waals surface area contributed by atoms with E-state index in [0.29, 0.717) is 31.0 Å². The SMILES string of the molecule is O=C(O)CC1CN(C(=O)CCc2ccccc2Cl)C1. The van der Waals surface area contributed by atoms with Crippen LogP contribution in [0.2, 0.25) is 5.02 Å². The van der Waals surface area contributed by atoms with Crippen LogP contribution in [-0.2, 0) is 16.0 Å². The number of likely N-dealkylation sites (tertiary alicyclic amines) is 1. The molecule has 5 heteroatoms. The third-order valence-electron chi connectivity index (χ3n) is 3.34. The van der Waals surface area contributed by atoms with E-state index in [-0.39, 0.29) is 18.2 Å². The Morgan fingerprint density at radius 2 is 2.00 bits per heavy atom. The van der Waals surface area contributed by atoms with Crippen LogP contribution in [0.15, 0.2) is 24.3 Å². The lowest BCUT2D eigenvalue weighted by atomic mass is 9.95. The Morgan fingerprint density at radius 3 is 2.63 bits per heavy atom. The van der Waals surface area contributed by atoms with Gasteiger partial charge in [-0.25, -0.2) is 0 Å². The third kappa shape index (κ3) is 3.70. The van der Waals surface area contributed by atoms with Gasteiger partial charge in [-0.2, -0.15) is 0 Å². The topological polar surface area (TPSA) is 57.6 Å². The summed E-state index contributed by atoms with van der Waals surface area (Å²) in [5.41, 5.74) is 0.972. The maximum Gasteiger partial charge on any atom is 0.303 e. The normalized spacial score (nSPS) is 15.1. The maximum absolute atomic E-state index is 11.9. The summed E-state index contributed by atoms with van der Waals surface area (Å²) >= 11 is 6.03. The number of hydrogen-bond donors (Lipinski definition) is 1. The molecule has 102 valence electrons. The van der Waals surface area contributed by atoms with Crippen LogP contribution in [0.4, 0.5) is 0 Å². The fourth-order valence-corrected chi connectivity index (χ4v) is 2.48. The minimum atomic E-state index is -0.798. The molecule has 0 aromatic heterocycles. The van der Waals surface area contributed by atoms with E-state index in [1.165, 1.54) is 0 Å². The van der Waals surface area contributed by atoms with Crippen molar-refractivity contribution in [3.05, 3.63) is 34.9 Å². The summed E-state index contributed by atoms with van der Waals surface area (Å²) in [7, 11) is 0. The summed E-state index contributed by atoms with van der Waals surface area (Å²) in [6, 6.07) is 7.49. The standard InChI is InChI=1S/C14H16ClNO3/c15-12-4-2-1-3-11(12)5-6-13(17)16-8-10(9-16)7-14(18)19/h1-4,10H,5-9H2,(H,18,19). The number of hydrogen-bond acceptors (Lipinski definition) is 2. The van der Waals surface area contributed by atoms with Gasteiger partial charge in [0.15, 0.2) is 0 Å². The zero-order valence-corrected chi connectivity index (χ0v) is 11.3. The number of aryl methyl sites for hydroxylation is 1. The van der Waals surface area contributed by atoms with Crippen LogP contribution in [0.1, 0.15) is 18.4 Å². The predicted octanol–water partition coefficient (Wildman–Crippen LogP) is 2.21. The smallest absolute Gasteiger partial charge is 0.303 e. The Hall–Kier alpha value is -1.55. The first-order chi connectivity index (χ1) is 9.06. The van der Waals surface area contributed by atoms with Crippen LogP contribution < -0.4 is 0 Å². The Labute approximate surface area is 117 Å². The van der Waals surface area contributed by atoms with Crippen LogP contribution >= 0.6 is 11.6 Å². The summed E-state index contributed by atoms with van der Waals surface area (Å²) in [6.45, 7) is 1.13. The molecule has 0 atom stereocenters. The second kappa shape index (κ2) is 6.06. The summed E-state index contributed by atoms with van der Waals surface area (Å²) in [5.74, 6) is -0.614. The van der Waals surface area contributed by atoms with Crippen LogP contribution in [0, 0.1) is 5.92 Å². The first kappa shape index (κ1) is 13.9. The van der Waals surface area contributed by atoms with Crippen molar-refractivity contribution >= 4 is 23.5 Å². The highest BCUT2D eigenvalue weighted by molar-refractivity contribution is 6.31. The number of amides is 1. The lowest BCUT2D eigenvalue weighted by Crippen LogP contribution is -2.50. The van der Waals surface area contributed by atoms with Gasteiger partial charge >= 0.3 is 5.97 Å². The van der Waals surface area contributed by atoms with Crippen LogP contribution in [-0.4, -0.2) is 35.0 Å². The molecule has 1 aliphatic heterocycles. The molecule has 1 heterocycles. The van der Waals surface area contributed by atoms with Crippen molar-refractivity contribution < 1.29 is 14.7 Å². The minimum Gasteiger partial charge on any atom is -0.481 e. The molecule has 0 aliphatic carbocycles. The second-order valence-electron chi connectivity index (χ2n) is 4.85. The fourth-order valence-electron chi connectivity index (χ4n) is 2.25. The first-order valence-corrected chi connectivity index (χ1v) is 6.67. The van der Waals surface area contributed by atoms with Crippen molar-refractivity contribution in [1.82, 2.24) is 4.90 Å². The molecule has 1 aliphatic rings. The molecular formula is C14H16ClNO3. The van der Waals surface area contributed by atoms with E-state index in [2.05, 4.69) is 0 Å². The molecule has 2 rings (SSSR count). The summed E-state index contributed by atoms with van der Waals surface area (Å²) in [6.07, 6.45) is 1.19. The van der Waals surface area contributed by atoms with Crippen molar-refractivity contribution in [3.63, 3.8) is 0 Å². The van der Waals surface area contributed by atoms with E-state index in [9.17, 15) is 9.59 Å². The molecule has 4 nitrogen and oxygen atoms in total. The molecule has 1 aromatic carbocycles. The quantitative estimate of drug-likeness (QED) is 0.900. The number of benzene rings is 1. The summed E-state index contributed by atoms with van der Waals surface area (Å²) < 4.78 is 0. The molecule has 0 spiro atoms. The average Bonchev–Trinajstić information content (AvgIpc) is 2.31. The van der Waals surface area contributed by atoms with E-state index < -0.39 is 5.97 Å². The molecular weight excluding hydrogens is 266 g/mol. The Balaban J connectivity index is 1.75. The van der Waals surface area contributed by atoms with Crippen molar-refractivity contribution in [2.75, 3.05) is 13.1 Å². The molecule has 1 amide bonds. The van der Waals surface area contributed by atoms with Gasteiger partial charge in [-0.15, -0.1) is 0 Å². The van der Waals surface area contributed by atoms with Gasteiger partial charge in [0.1, 0.15) is 0 Å². The zero-order valence-electron chi connectivity index (χ0n) is 10.5. The van der Waals surface area contributed by atoms with Crippen molar-refractivity contribution in [2.45, 2.75) is 19.3 Å². The number of rotatable bonds is 5. The molecule has 0 radical (unpaired) electrons. The maximum atomic E-state index is 11.9. The first-order valence-electron chi connectivity index (χ1n) is 6.29. The van der Waals surface area contributed by atoms with E-state index in [0.717, 1.165) is 5.56 Å². The molecule has 1 aromatic rings. The van der Waals surface area contributed by atoms with Gasteiger partial charge in [-0.05, 0) is 18.1 Å². The molecule has 0 unspecified atom stereocenters.